The van der Waals surface area contributed by atoms with Gasteiger partial charge in [-0.3, -0.25) is 0 Å². The van der Waals surface area contributed by atoms with Crippen LogP contribution in [0.1, 0.15) is 65.7 Å². The summed E-state index contributed by atoms with van der Waals surface area (Å²) < 4.78 is 0. The molecule has 0 aliphatic carbocycles. The molecule has 2 nitrogen and oxygen atoms in total. The van der Waals surface area contributed by atoms with Crippen molar-refractivity contribution >= 4 is 0 Å². The molecule has 1 unspecified atom stereocenters. The molecule has 0 aromatic heterocycles. The second kappa shape index (κ2) is 8.92. The van der Waals surface area contributed by atoms with Gasteiger partial charge in [-0.2, -0.15) is 0 Å². The Morgan fingerprint density at radius 2 is 1.72 bits per heavy atom. The second-order valence-electron chi connectivity index (χ2n) is 6.12. The Morgan fingerprint density at radius 1 is 1.06 bits per heavy atom. The number of unbranched alkanes of at least 4 members (excludes halogenated alkanes) is 2. The van der Waals surface area contributed by atoms with Gasteiger partial charge in [0, 0.05) is 13.1 Å². The van der Waals surface area contributed by atoms with E-state index < -0.39 is 0 Å². The summed E-state index contributed by atoms with van der Waals surface area (Å²) in [5, 5.41) is 3.62. The van der Waals surface area contributed by atoms with Crippen LogP contribution in [-0.2, 0) is 0 Å². The maximum Gasteiger partial charge on any atom is 0.00500 e. The van der Waals surface area contributed by atoms with Gasteiger partial charge in [-0.25, -0.2) is 0 Å². The number of rotatable bonds is 9. The standard InChI is InChI=1S/C16H34N2/c1-4-7-12-18(13-8-5-2)15-16(6-3)10-9-11-17-14-16/h17H,4-15H2,1-3H3. The predicted octanol–water partition coefficient (Wildman–Crippen LogP) is 3.67. The van der Waals surface area contributed by atoms with E-state index in [-0.39, 0.29) is 0 Å². The molecule has 0 aromatic rings. The van der Waals surface area contributed by atoms with Gasteiger partial charge in [-0.1, -0.05) is 33.6 Å². The Labute approximate surface area is 115 Å². The van der Waals surface area contributed by atoms with Crippen molar-refractivity contribution in [2.45, 2.75) is 65.7 Å². The molecular formula is C16H34N2. The Bertz CT molecular complexity index is 189. The highest BCUT2D eigenvalue weighted by Crippen LogP contribution is 2.31. The summed E-state index contributed by atoms with van der Waals surface area (Å²) in [5.41, 5.74) is 0.555. The van der Waals surface area contributed by atoms with E-state index in [4.69, 9.17) is 0 Å². The first-order chi connectivity index (χ1) is 8.76. The van der Waals surface area contributed by atoms with E-state index in [2.05, 4.69) is 31.0 Å². The molecule has 0 spiro atoms. The number of nitrogens with one attached hydrogen (secondary N) is 1. The highest BCUT2D eigenvalue weighted by Gasteiger charge is 2.31. The third-order valence-corrected chi connectivity index (χ3v) is 4.53. The molecule has 0 bridgehead atoms. The van der Waals surface area contributed by atoms with Crippen LogP contribution in [0.25, 0.3) is 0 Å². The van der Waals surface area contributed by atoms with Crippen LogP contribution in [0.3, 0.4) is 0 Å². The summed E-state index contributed by atoms with van der Waals surface area (Å²) in [6.07, 6.45) is 9.47. The summed E-state index contributed by atoms with van der Waals surface area (Å²) in [6, 6.07) is 0. The monoisotopic (exact) mass is 254 g/mol. The van der Waals surface area contributed by atoms with E-state index in [1.54, 1.807) is 0 Å². The molecular weight excluding hydrogens is 220 g/mol. The molecule has 0 saturated carbocycles. The predicted molar refractivity (Wildman–Crippen MR) is 81.1 cm³/mol. The molecule has 0 amide bonds. The fourth-order valence-corrected chi connectivity index (χ4v) is 3.09. The van der Waals surface area contributed by atoms with Crippen LogP contribution in [-0.4, -0.2) is 37.6 Å². The molecule has 2 heteroatoms. The van der Waals surface area contributed by atoms with Crippen LogP contribution < -0.4 is 5.32 Å². The number of hydrogen-bond acceptors (Lipinski definition) is 2. The van der Waals surface area contributed by atoms with Gasteiger partial charge in [0.2, 0.25) is 0 Å². The van der Waals surface area contributed by atoms with E-state index in [9.17, 15) is 0 Å². The Hall–Kier alpha value is -0.0800. The topological polar surface area (TPSA) is 15.3 Å². The van der Waals surface area contributed by atoms with Crippen molar-refractivity contribution in [3.63, 3.8) is 0 Å². The van der Waals surface area contributed by atoms with Crippen molar-refractivity contribution < 1.29 is 0 Å². The Morgan fingerprint density at radius 3 is 2.17 bits per heavy atom. The van der Waals surface area contributed by atoms with Crippen LogP contribution in [0.2, 0.25) is 0 Å². The van der Waals surface area contributed by atoms with E-state index in [1.165, 1.54) is 77.7 Å². The van der Waals surface area contributed by atoms with Crippen LogP contribution in [0.4, 0.5) is 0 Å². The van der Waals surface area contributed by atoms with Gasteiger partial charge in [0.05, 0.1) is 0 Å². The van der Waals surface area contributed by atoms with Crippen molar-refractivity contribution in [2.75, 3.05) is 32.7 Å². The minimum Gasteiger partial charge on any atom is -0.316 e. The average Bonchev–Trinajstić information content (AvgIpc) is 2.43. The molecule has 1 N–H and O–H groups in total. The zero-order chi connectivity index (χ0) is 13.3. The van der Waals surface area contributed by atoms with Crippen molar-refractivity contribution in [2.24, 2.45) is 5.41 Å². The normalized spacial score (nSPS) is 24.7. The minimum absolute atomic E-state index is 0.555. The number of nitrogens with zero attached hydrogens (tertiary/aromatic N) is 1. The molecule has 1 aliphatic heterocycles. The third kappa shape index (κ3) is 5.27. The van der Waals surface area contributed by atoms with E-state index in [0.29, 0.717) is 5.41 Å². The lowest BCUT2D eigenvalue weighted by molar-refractivity contribution is 0.109. The zero-order valence-electron chi connectivity index (χ0n) is 12.9. The van der Waals surface area contributed by atoms with E-state index >= 15 is 0 Å². The fraction of sp³-hybridized carbons (Fsp3) is 1.00. The largest absolute Gasteiger partial charge is 0.316 e. The molecule has 18 heavy (non-hydrogen) atoms. The summed E-state index contributed by atoms with van der Waals surface area (Å²) in [4.78, 5) is 2.74. The number of hydrogen-bond donors (Lipinski definition) is 1. The third-order valence-electron chi connectivity index (χ3n) is 4.53. The van der Waals surface area contributed by atoms with Crippen molar-refractivity contribution in [3.8, 4) is 0 Å². The lowest BCUT2D eigenvalue weighted by Gasteiger charge is -2.41. The maximum absolute atomic E-state index is 3.62. The fourth-order valence-electron chi connectivity index (χ4n) is 3.09. The maximum atomic E-state index is 3.62. The van der Waals surface area contributed by atoms with Gasteiger partial charge in [0.15, 0.2) is 0 Å². The molecule has 108 valence electrons. The van der Waals surface area contributed by atoms with Gasteiger partial charge in [0.1, 0.15) is 0 Å². The lowest BCUT2D eigenvalue weighted by atomic mass is 9.78. The molecule has 1 rings (SSSR count). The first kappa shape index (κ1) is 16.0. The SMILES string of the molecule is CCCCN(CCCC)CC1(CC)CCCNC1. The molecule has 1 heterocycles. The van der Waals surface area contributed by atoms with Gasteiger partial charge in [0.25, 0.3) is 0 Å². The molecule has 1 atom stereocenters. The minimum atomic E-state index is 0.555. The van der Waals surface area contributed by atoms with Crippen LogP contribution >= 0.6 is 0 Å². The first-order valence-electron chi connectivity index (χ1n) is 8.19. The van der Waals surface area contributed by atoms with Crippen molar-refractivity contribution in [1.82, 2.24) is 10.2 Å². The number of piperidine rings is 1. The summed E-state index contributed by atoms with van der Waals surface area (Å²) in [5.74, 6) is 0. The van der Waals surface area contributed by atoms with Gasteiger partial charge >= 0.3 is 0 Å². The van der Waals surface area contributed by atoms with Gasteiger partial charge in [-0.15, -0.1) is 0 Å². The zero-order valence-corrected chi connectivity index (χ0v) is 12.9. The Kier molecular flexibility index (Phi) is 7.92. The molecule has 0 aromatic carbocycles. The van der Waals surface area contributed by atoms with Crippen LogP contribution in [0.5, 0.6) is 0 Å². The van der Waals surface area contributed by atoms with Crippen LogP contribution in [0, 0.1) is 5.41 Å². The van der Waals surface area contributed by atoms with Gasteiger partial charge in [-0.05, 0) is 57.2 Å². The smallest absolute Gasteiger partial charge is 0.00500 e. The molecule has 0 radical (unpaired) electrons. The molecule has 1 fully saturated rings. The first-order valence-corrected chi connectivity index (χ1v) is 8.19. The average molecular weight is 254 g/mol. The second-order valence-corrected chi connectivity index (χ2v) is 6.12. The van der Waals surface area contributed by atoms with Crippen LogP contribution in [0.15, 0.2) is 0 Å². The van der Waals surface area contributed by atoms with Crippen molar-refractivity contribution in [3.05, 3.63) is 0 Å². The van der Waals surface area contributed by atoms with Crippen molar-refractivity contribution in [1.29, 1.82) is 0 Å². The summed E-state index contributed by atoms with van der Waals surface area (Å²) in [7, 11) is 0. The summed E-state index contributed by atoms with van der Waals surface area (Å²) in [6.45, 7) is 13.4. The van der Waals surface area contributed by atoms with Gasteiger partial charge < -0.3 is 10.2 Å². The quantitative estimate of drug-likeness (QED) is 0.675. The Balaban J connectivity index is 2.49. The van der Waals surface area contributed by atoms with E-state index in [0.717, 1.165) is 0 Å². The molecule has 1 aliphatic rings. The highest BCUT2D eigenvalue weighted by atomic mass is 15.1. The highest BCUT2D eigenvalue weighted by molar-refractivity contribution is 4.87. The lowest BCUT2D eigenvalue weighted by Crippen LogP contribution is -2.47. The summed E-state index contributed by atoms with van der Waals surface area (Å²) >= 11 is 0. The molecule has 1 saturated heterocycles. The van der Waals surface area contributed by atoms with E-state index in [1.807, 2.05) is 0 Å².